The maximum Gasteiger partial charge on any atom is 0.373 e. The first-order chi connectivity index (χ1) is 2.41. The van der Waals surface area contributed by atoms with Crippen molar-refractivity contribution in [3.8, 4) is 0 Å². The fourth-order valence-corrected chi connectivity index (χ4v) is 0. The van der Waals surface area contributed by atoms with E-state index in [1.54, 1.807) is 0 Å². The smallest absolute Gasteiger partial charge is 0.255 e. The monoisotopic (exact) mass is 78.0 g/mol. The molecule has 0 bridgehead atoms. The van der Waals surface area contributed by atoms with Gasteiger partial charge in [-0.15, -0.1) is 0 Å². The second-order valence-corrected chi connectivity index (χ2v) is 0.0833. The number of carbonyl (C=O) groups excluding carboxylic acids is 2. The second kappa shape index (κ2) is 184. The summed E-state index contributed by atoms with van der Waals surface area (Å²) in [5, 5.41) is 0. The van der Waals surface area contributed by atoms with E-state index in [9.17, 15) is 4.39 Å². The molecule has 0 aliphatic heterocycles. The van der Waals surface area contributed by atoms with Gasteiger partial charge in [0.15, 0.2) is 0 Å². The van der Waals surface area contributed by atoms with Gasteiger partial charge in [-0.1, -0.05) is 0 Å². The third-order valence-corrected chi connectivity index (χ3v) is 0. The molecule has 5 heavy (non-hydrogen) atoms. The molecule has 2 nitrogen and oxygen atoms in total. The van der Waals surface area contributed by atoms with Crippen LogP contribution in [0, 0.1) is 0 Å². The molecule has 0 saturated carbocycles. The minimum Gasteiger partial charge on any atom is -0.255 e. The van der Waals surface area contributed by atoms with Crippen LogP contribution in [-0.2, 0) is 9.59 Å². The van der Waals surface area contributed by atoms with Crippen LogP contribution in [0.25, 0.3) is 0 Å². The summed E-state index contributed by atoms with van der Waals surface area (Å²) in [6.07, 6.45) is 0.250. The molecule has 0 heterocycles. The van der Waals surface area contributed by atoms with Gasteiger partial charge in [0, 0.05) is 0 Å². The lowest BCUT2D eigenvalue weighted by atomic mass is 11.8. The predicted octanol–water partition coefficient (Wildman–Crippen LogP) is 0.00220. The lowest BCUT2D eigenvalue weighted by molar-refractivity contribution is -0.191. The van der Waals surface area contributed by atoms with Crippen LogP contribution in [0.3, 0.4) is 0 Å². The van der Waals surface area contributed by atoms with Gasteiger partial charge >= 0.3 is 6.15 Å². The van der Waals surface area contributed by atoms with E-state index in [4.69, 9.17) is 9.59 Å². The van der Waals surface area contributed by atoms with Crippen LogP contribution >= 0.6 is 0 Å². The van der Waals surface area contributed by atoms with Crippen molar-refractivity contribution in [1.82, 2.24) is 0 Å². The molecule has 0 spiro atoms. The lowest BCUT2D eigenvalue weighted by Crippen LogP contribution is -1.22. The molecule has 0 radical (unpaired) electrons. The Labute approximate surface area is 28.6 Å². The Morgan fingerprint density at radius 3 is 1.40 bits per heavy atom. The van der Waals surface area contributed by atoms with Gasteiger partial charge in [0.25, 0.3) is 0 Å². The van der Waals surface area contributed by atoms with E-state index in [0.717, 1.165) is 0 Å². The zero-order valence-corrected chi connectivity index (χ0v) is 2.69. The summed E-state index contributed by atoms with van der Waals surface area (Å²) in [6, 6.07) is 0. The van der Waals surface area contributed by atoms with Crippen molar-refractivity contribution in [2.45, 2.75) is 0 Å². The van der Waals surface area contributed by atoms with Crippen molar-refractivity contribution in [3.05, 3.63) is 0 Å². The highest BCUT2D eigenvalue weighted by Gasteiger charge is 1.13. The van der Waals surface area contributed by atoms with Crippen LogP contribution in [0.1, 0.15) is 0 Å². The van der Waals surface area contributed by atoms with Gasteiger partial charge in [0.2, 0.25) is 0 Å². The highest BCUT2D eigenvalue weighted by atomic mass is 19.1. The first-order valence-electron chi connectivity index (χ1n) is 0.786. The third kappa shape index (κ3) is 11.9. The zero-order valence-electron chi connectivity index (χ0n) is 2.69. The number of hydrogen-bond donors (Lipinski definition) is 0. The van der Waals surface area contributed by atoms with E-state index in [0.29, 0.717) is 7.18 Å². The third-order valence-electron chi connectivity index (χ3n) is 0. The van der Waals surface area contributed by atoms with E-state index in [-0.39, 0.29) is 6.15 Å². The van der Waals surface area contributed by atoms with Crippen LogP contribution in [-0.4, -0.2) is 13.3 Å². The van der Waals surface area contributed by atoms with Gasteiger partial charge in [-0.2, -0.15) is 9.59 Å². The molecule has 0 atom stereocenters. The quantitative estimate of drug-likeness (QED) is 0.408. The Morgan fingerprint density at radius 2 is 1.40 bits per heavy atom. The number of rotatable bonds is 0. The minimum absolute atomic E-state index is 0.250. The average Bonchev–Trinajstić information content (AvgIpc) is 1.46. The van der Waals surface area contributed by atoms with E-state index in [2.05, 4.69) is 0 Å². The highest BCUT2D eigenvalue weighted by Crippen LogP contribution is 1.16. The van der Waals surface area contributed by atoms with Crippen molar-refractivity contribution in [2.75, 3.05) is 7.18 Å². The SMILES string of the molecule is CF.O=C=O. The molecule has 0 aromatic heterocycles. The van der Waals surface area contributed by atoms with Crippen molar-refractivity contribution in [3.63, 3.8) is 0 Å². The fourth-order valence-electron chi connectivity index (χ4n) is 0. The number of halogens is 1. The summed E-state index contributed by atoms with van der Waals surface area (Å²) in [7, 11) is 0.500. The lowest BCUT2D eigenvalue weighted by Gasteiger charge is -1.10. The molecule has 3 heteroatoms. The van der Waals surface area contributed by atoms with Crippen molar-refractivity contribution in [2.24, 2.45) is 0 Å². The Bertz CT molecular complexity index is 28.6. The molecular weight excluding hydrogens is 75.0 g/mol. The summed E-state index contributed by atoms with van der Waals surface area (Å²) < 4.78 is 9.50. The molecule has 0 aromatic carbocycles. The normalized spacial score (nSPS) is 2.80. The largest absolute Gasteiger partial charge is 0.373 e. The highest BCUT2D eigenvalue weighted by molar-refractivity contribution is 5.20. The van der Waals surface area contributed by atoms with Gasteiger partial charge in [-0.3, -0.25) is 4.39 Å². The number of hydrogen-bond acceptors (Lipinski definition) is 2. The predicted molar refractivity (Wildman–Crippen MR) is 12.0 cm³/mol. The standard InChI is InChI=1S/CH3F.CO2/c1-2;2-1-3/h1H3;. The minimum atomic E-state index is 0.250. The Balaban J connectivity index is 0. The van der Waals surface area contributed by atoms with Crippen molar-refractivity contribution < 1.29 is 14.0 Å². The summed E-state index contributed by atoms with van der Waals surface area (Å²) in [4.78, 5) is 16.2. The molecular formula is C2H3FO2. The second-order valence-electron chi connectivity index (χ2n) is 0.0833. The van der Waals surface area contributed by atoms with Crippen LogP contribution in [0.4, 0.5) is 4.39 Å². The van der Waals surface area contributed by atoms with Gasteiger partial charge < -0.3 is 0 Å². The Kier molecular flexibility index (Phi) is 325. The topological polar surface area (TPSA) is 34.1 Å². The maximum absolute atomic E-state index is 9.50. The van der Waals surface area contributed by atoms with E-state index >= 15 is 0 Å². The van der Waals surface area contributed by atoms with Crippen molar-refractivity contribution >= 4 is 6.15 Å². The van der Waals surface area contributed by atoms with E-state index in [1.807, 2.05) is 0 Å². The van der Waals surface area contributed by atoms with Crippen LogP contribution in [0.2, 0.25) is 0 Å². The molecule has 0 aromatic rings. The first-order valence-corrected chi connectivity index (χ1v) is 0.786. The van der Waals surface area contributed by atoms with Crippen LogP contribution in [0.15, 0.2) is 0 Å². The molecule has 0 N–H and O–H groups in total. The van der Waals surface area contributed by atoms with Gasteiger partial charge in [0.05, 0.1) is 7.18 Å². The maximum atomic E-state index is 9.50. The molecule has 0 saturated heterocycles. The average molecular weight is 78.0 g/mol. The Morgan fingerprint density at radius 1 is 1.40 bits per heavy atom. The molecule has 0 rings (SSSR count). The van der Waals surface area contributed by atoms with Crippen LogP contribution < -0.4 is 0 Å². The molecule has 0 fully saturated rings. The number of alkyl halides is 1. The summed E-state index contributed by atoms with van der Waals surface area (Å²) in [6.45, 7) is 0. The molecule has 0 unspecified atom stereocenters. The fraction of sp³-hybridized carbons (Fsp3) is 0.500. The van der Waals surface area contributed by atoms with E-state index in [1.165, 1.54) is 0 Å². The summed E-state index contributed by atoms with van der Waals surface area (Å²) in [5.41, 5.74) is 0. The molecule has 0 aliphatic carbocycles. The first kappa shape index (κ1) is 8.85. The molecule has 30 valence electrons. The van der Waals surface area contributed by atoms with Crippen LogP contribution in [0.5, 0.6) is 0 Å². The van der Waals surface area contributed by atoms with Gasteiger partial charge in [-0.05, 0) is 0 Å². The zero-order chi connectivity index (χ0) is 4.71. The molecule has 0 amide bonds. The van der Waals surface area contributed by atoms with Gasteiger partial charge in [0.1, 0.15) is 0 Å². The molecule has 0 aliphatic rings. The summed E-state index contributed by atoms with van der Waals surface area (Å²) in [5.74, 6) is 0. The summed E-state index contributed by atoms with van der Waals surface area (Å²) >= 11 is 0. The Hall–Kier alpha value is -0.690. The van der Waals surface area contributed by atoms with Gasteiger partial charge in [-0.25, -0.2) is 0 Å². The van der Waals surface area contributed by atoms with E-state index < -0.39 is 0 Å². The van der Waals surface area contributed by atoms with Crippen molar-refractivity contribution in [1.29, 1.82) is 0 Å².